The van der Waals surface area contributed by atoms with Gasteiger partial charge in [0.1, 0.15) is 0 Å². The third-order valence-corrected chi connectivity index (χ3v) is 3.40. The van der Waals surface area contributed by atoms with Crippen molar-refractivity contribution in [2.75, 3.05) is 19.8 Å². The van der Waals surface area contributed by atoms with Gasteiger partial charge in [-0.05, 0) is 32.8 Å². The highest BCUT2D eigenvalue weighted by molar-refractivity contribution is 5.16. The van der Waals surface area contributed by atoms with Gasteiger partial charge < -0.3 is 4.74 Å². The second kappa shape index (κ2) is 5.19. The van der Waals surface area contributed by atoms with Crippen LogP contribution in [-0.4, -0.2) is 36.2 Å². The molecule has 0 aliphatic carbocycles. The first-order chi connectivity index (χ1) is 8.07. The largest absolute Gasteiger partial charge is 0.378 e. The quantitative estimate of drug-likeness (QED) is 0.779. The lowest BCUT2D eigenvalue weighted by atomic mass is 9.97. The van der Waals surface area contributed by atoms with E-state index in [-0.39, 0.29) is 5.54 Å². The summed E-state index contributed by atoms with van der Waals surface area (Å²) in [7, 11) is 0. The molecule has 1 fully saturated rings. The van der Waals surface area contributed by atoms with Crippen molar-refractivity contribution in [2.45, 2.75) is 38.8 Å². The molecular weight excluding hydrogens is 210 g/mol. The molecule has 1 aliphatic heterocycles. The predicted molar refractivity (Wildman–Crippen MR) is 71.2 cm³/mol. The van der Waals surface area contributed by atoms with Gasteiger partial charge in [-0.15, -0.1) is 0 Å². The van der Waals surface area contributed by atoms with Gasteiger partial charge in [-0.1, -0.05) is 30.3 Å². The fourth-order valence-corrected chi connectivity index (χ4v) is 2.59. The number of rotatable bonds is 2. The Bertz CT molecular complexity index is 342. The van der Waals surface area contributed by atoms with E-state index in [1.165, 1.54) is 5.56 Å². The predicted octanol–water partition coefficient (Wildman–Crippen LogP) is 2.73. The smallest absolute Gasteiger partial charge is 0.0625 e. The molecule has 0 saturated carbocycles. The molecular formula is C15H23NO. The molecule has 0 radical (unpaired) electrons. The molecule has 0 N–H and O–H groups in total. The summed E-state index contributed by atoms with van der Waals surface area (Å²) in [5.41, 5.74) is 1.63. The maximum absolute atomic E-state index is 5.64. The topological polar surface area (TPSA) is 12.5 Å². The second-order valence-electron chi connectivity index (χ2n) is 5.78. The number of nitrogens with zero attached hydrogens (tertiary/aromatic N) is 1. The lowest BCUT2D eigenvalue weighted by Gasteiger charge is -2.44. The molecule has 2 nitrogen and oxygen atoms in total. The van der Waals surface area contributed by atoms with Gasteiger partial charge in [-0.3, -0.25) is 4.90 Å². The Morgan fingerprint density at radius 2 is 1.94 bits per heavy atom. The van der Waals surface area contributed by atoms with Crippen LogP contribution in [0.4, 0.5) is 0 Å². The highest BCUT2D eigenvalue weighted by atomic mass is 16.5. The van der Waals surface area contributed by atoms with E-state index in [2.05, 4.69) is 56.0 Å². The molecule has 1 aromatic carbocycles. The van der Waals surface area contributed by atoms with E-state index in [1.54, 1.807) is 0 Å². The van der Waals surface area contributed by atoms with Crippen LogP contribution in [0.1, 0.15) is 26.3 Å². The van der Waals surface area contributed by atoms with Gasteiger partial charge in [0, 0.05) is 18.1 Å². The molecule has 1 atom stereocenters. The molecule has 17 heavy (non-hydrogen) atoms. The number of hydrogen-bond acceptors (Lipinski definition) is 2. The van der Waals surface area contributed by atoms with Gasteiger partial charge in [-0.2, -0.15) is 0 Å². The zero-order chi connectivity index (χ0) is 12.3. The minimum atomic E-state index is 0.225. The van der Waals surface area contributed by atoms with Crippen LogP contribution in [0.3, 0.4) is 0 Å². The Hall–Kier alpha value is -0.860. The van der Waals surface area contributed by atoms with Crippen molar-refractivity contribution in [2.24, 2.45) is 0 Å². The Kier molecular flexibility index (Phi) is 3.85. The summed E-state index contributed by atoms with van der Waals surface area (Å²) in [6.45, 7) is 9.62. The van der Waals surface area contributed by atoms with E-state index in [9.17, 15) is 0 Å². The van der Waals surface area contributed by atoms with Crippen LogP contribution in [-0.2, 0) is 11.2 Å². The third-order valence-electron chi connectivity index (χ3n) is 3.40. The minimum absolute atomic E-state index is 0.225. The fourth-order valence-electron chi connectivity index (χ4n) is 2.59. The summed E-state index contributed by atoms with van der Waals surface area (Å²) in [6.07, 6.45) is 1.08. The molecule has 2 heteroatoms. The van der Waals surface area contributed by atoms with Crippen molar-refractivity contribution >= 4 is 0 Å². The van der Waals surface area contributed by atoms with Crippen LogP contribution >= 0.6 is 0 Å². The van der Waals surface area contributed by atoms with E-state index in [4.69, 9.17) is 4.74 Å². The molecule has 1 aliphatic rings. The minimum Gasteiger partial charge on any atom is -0.378 e. The first-order valence-electron chi connectivity index (χ1n) is 6.46. The monoisotopic (exact) mass is 233 g/mol. The van der Waals surface area contributed by atoms with Crippen LogP contribution < -0.4 is 0 Å². The maximum atomic E-state index is 5.64. The van der Waals surface area contributed by atoms with E-state index in [0.717, 1.165) is 26.2 Å². The summed E-state index contributed by atoms with van der Waals surface area (Å²) < 4.78 is 5.64. The molecule has 0 amide bonds. The molecule has 0 unspecified atom stereocenters. The molecule has 1 aromatic rings. The first kappa shape index (κ1) is 12.6. The van der Waals surface area contributed by atoms with Crippen LogP contribution in [0, 0.1) is 0 Å². The summed E-state index contributed by atoms with van der Waals surface area (Å²) in [5, 5.41) is 0. The Morgan fingerprint density at radius 3 is 2.59 bits per heavy atom. The Balaban J connectivity index is 2.07. The number of benzene rings is 1. The molecule has 1 heterocycles. The Labute approximate surface area is 105 Å². The number of morpholine rings is 1. The van der Waals surface area contributed by atoms with E-state index < -0.39 is 0 Å². The van der Waals surface area contributed by atoms with Gasteiger partial charge in [-0.25, -0.2) is 0 Å². The van der Waals surface area contributed by atoms with Crippen LogP contribution in [0.15, 0.2) is 30.3 Å². The SMILES string of the molecule is CC(C)(C)N1CCOC[C@H]1Cc1ccccc1. The lowest BCUT2D eigenvalue weighted by Crippen LogP contribution is -2.55. The summed E-state index contributed by atoms with van der Waals surface area (Å²) in [6, 6.07) is 11.2. The van der Waals surface area contributed by atoms with Crippen molar-refractivity contribution in [3.05, 3.63) is 35.9 Å². The molecule has 0 aromatic heterocycles. The fraction of sp³-hybridized carbons (Fsp3) is 0.600. The summed E-state index contributed by atoms with van der Waals surface area (Å²) in [5.74, 6) is 0. The number of hydrogen-bond donors (Lipinski definition) is 0. The van der Waals surface area contributed by atoms with Gasteiger partial charge >= 0.3 is 0 Å². The molecule has 2 rings (SSSR count). The van der Waals surface area contributed by atoms with E-state index >= 15 is 0 Å². The van der Waals surface area contributed by atoms with Gasteiger partial charge in [0.2, 0.25) is 0 Å². The first-order valence-corrected chi connectivity index (χ1v) is 6.46. The van der Waals surface area contributed by atoms with Crippen molar-refractivity contribution < 1.29 is 4.74 Å². The average molecular weight is 233 g/mol. The number of ether oxygens (including phenoxy) is 1. The molecule has 0 bridgehead atoms. The average Bonchev–Trinajstić information content (AvgIpc) is 2.30. The van der Waals surface area contributed by atoms with E-state index in [1.807, 2.05) is 0 Å². The van der Waals surface area contributed by atoms with Crippen LogP contribution in [0.25, 0.3) is 0 Å². The standard InChI is InChI=1S/C15H23NO/c1-15(2,3)16-9-10-17-12-14(16)11-13-7-5-4-6-8-13/h4-8,14H,9-12H2,1-3H3/t14-/m1/s1. The zero-order valence-electron chi connectivity index (χ0n) is 11.1. The van der Waals surface area contributed by atoms with Crippen molar-refractivity contribution in [1.29, 1.82) is 0 Å². The highest BCUT2D eigenvalue weighted by Gasteiger charge is 2.31. The molecule has 0 spiro atoms. The normalized spacial score (nSPS) is 22.6. The van der Waals surface area contributed by atoms with Gasteiger partial charge in [0.25, 0.3) is 0 Å². The molecule has 94 valence electrons. The lowest BCUT2D eigenvalue weighted by molar-refractivity contribution is -0.0486. The zero-order valence-corrected chi connectivity index (χ0v) is 11.1. The van der Waals surface area contributed by atoms with Crippen LogP contribution in [0.2, 0.25) is 0 Å². The second-order valence-corrected chi connectivity index (χ2v) is 5.78. The highest BCUT2D eigenvalue weighted by Crippen LogP contribution is 2.22. The Morgan fingerprint density at radius 1 is 1.24 bits per heavy atom. The van der Waals surface area contributed by atoms with E-state index in [0.29, 0.717) is 6.04 Å². The third kappa shape index (κ3) is 3.30. The van der Waals surface area contributed by atoms with Gasteiger partial charge in [0.05, 0.1) is 13.2 Å². The summed E-state index contributed by atoms with van der Waals surface area (Å²) >= 11 is 0. The van der Waals surface area contributed by atoms with Gasteiger partial charge in [0.15, 0.2) is 0 Å². The maximum Gasteiger partial charge on any atom is 0.0625 e. The summed E-state index contributed by atoms with van der Waals surface area (Å²) in [4.78, 5) is 2.57. The van der Waals surface area contributed by atoms with Crippen molar-refractivity contribution in [3.63, 3.8) is 0 Å². The molecule has 1 saturated heterocycles. The van der Waals surface area contributed by atoms with Crippen LogP contribution in [0.5, 0.6) is 0 Å². The van der Waals surface area contributed by atoms with Crippen molar-refractivity contribution in [1.82, 2.24) is 4.90 Å². The van der Waals surface area contributed by atoms with Crippen molar-refractivity contribution in [3.8, 4) is 0 Å².